The maximum Gasteiger partial charge on any atom is 0.270 e. The Morgan fingerprint density at radius 2 is 1.50 bits per heavy atom. The molecule has 3 aliphatic rings. The second kappa shape index (κ2) is 9.02. The van der Waals surface area contributed by atoms with Gasteiger partial charge in [0.15, 0.2) is 0 Å². The van der Waals surface area contributed by atoms with Gasteiger partial charge in [0.2, 0.25) is 5.91 Å². The fourth-order valence-corrected chi connectivity index (χ4v) is 4.92. The van der Waals surface area contributed by atoms with Crippen molar-refractivity contribution in [1.82, 2.24) is 9.80 Å². The molecule has 8 nitrogen and oxygen atoms in total. The third kappa shape index (κ3) is 4.27. The van der Waals surface area contributed by atoms with Crippen LogP contribution in [-0.4, -0.2) is 65.8 Å². The first kappa shape index (κ1) is 20.6. The maximum atomic E-state index is 13.3. The predicted molar refractivity (Wildman–Crippen MR) is 114 cm³/mol. The Morgan fingerprint density at radius 3 is 2.13 bits per heavy atom. The van der Waals surface area contributed by atoms with E-state index in [2.05, 4.69) is 4.90 Å². The third-order valence-corrected chi connectivity index (χ3v) is 6.67. The van der Waals surface area contributed by atoms with Gasteiger partial charge in [0, 0.05) is 57.3 Å². The van der Waals surface area contributed by atoms with Crippen LogP contribution in [0.25, 0.3) is 0 Å². The van der Waals surface area contributed by atoms with Crippen molar-refractivity contribution in [1.29, 1.82) is 0 Å². The first-order valence-corrected chi connectivity index (χ1v) is 11.2. The number of amides is 2. The van der Waals surface area contributed by atoms with Crippen LogP contribution < -0.4 is 4.90 Å². The highest BCUT2D eigenvalue weighted by Gasteiger charge is 2.32. The number of benzene rings is 1. The number of carbonyl (C=O) groups excluding carboxylic acids is 2. The topological polar surface area (TPSA) is 87.0 Å². The Kier molecular flexibility index (Phi) is 6.20. The molecule has 30 heavy (non-hydrogen) atoms. The maximum absolute atomic E-state index is 13.3. The lowest BCUT2D eigenvalue weighted by Gasteiger charge is -2.36. The lowest BCUT2D eigenvalue weighted by atomic mass is 9.93. The molecule has 162 valence electrons. The number of rotatable bonds is 4. The first-order valence-electron chi connectivity index (χ1n) is 11.2. The SMILES string of the molecule is O=C(c1cc([N+](=O)[O-])ccc1N1CCCC1)N1CCC(C(=O)N2CCCCC2)CC1. The molecular formula is C22H30N4O4. The number of nitro benzene ring substituents is 1. The van der Waals surface area contributed by atoms with Gasteiger partial charge in [-0.25, -0.2) is 0 Å². The third-order valence-electron chi connectivity index (χ3n) is 6.67. The molecule has 3 heterocycles. The summed E-state index contributed by atoms with van der Waals surface area (Å²) in [5.74, 6) is 0.0506. The molecule has 0 radical (unpaired) electrons. The van der Waals surface area contributed by atoms with Crippen molar-refractivity contribution in [2.75, 3.05) is 44.2 Å². The predicted octanol–water partition coefficient (Wildman–Crippen LogP) is 3.06. The van der Waals surface area contributed by atoms with E-state index in [-0.39, 0.29) is 23.4 Å². The van der Waals surface area contributed by atoms with Crippen molar-refractivity contribution >= 4 is 23.2 Å². The van der Waals surface area contributed by atoms with Crippen molar-refractivity contribution in [3.05, 3.63) is 33.9 Å². The van der Waals surface area contributed by atoms with E-state index in [0.717, 1.165) is 57.5 Å². The minimum atomic E-state index is -0.450. The lowest BCUT2D eigenvalue weighted by molar-refractivity contribution is -0.384. The highest BCUT2D eigenvalue weighted by molar-refractivity contribution is 6.00. The smallest absolute Gasteiger partial charge is 0.270 e. The van der Waals surface area contributed by atoms with Gasteiger partial charge in [-0.15, -0.1) is 0 Å². The summed E-state index contributed by atoms with van der Waals surface area (Å²) in [5, 5.41) is 11.3. The monoisotopic (exact) mass is 414 g/mol. The van der Waals surface area contributed by atoms with E-state index in [0.29, 0.717) is 31.5 Å². The lowest BCUT2D eigenvalue weighted by Crippen LogP contribution is -2.46. The van der Waals surface area contributed by atoms with Gasteiger partial charge in [-0.1, -0.05) is 0 Å². The summed E-state index contributed by atoms with van der Waals surface area (Å²) in [6.07, 6.45) is 6.80. The molecule has 0 unspecified atom stereocenters. The van der Waals surface area contributed by atoms with Crippen LogP contribution in [0.4, 0.5) is 11.4 Å². The Balaban J connectivity index is 1.46. The van der Waals surface area contributed by atoms with E-state index in [1.165, 1.54) is 18.6 Å². The summed E-state index contributed by atoms with van der Waals surface area (Å²) in [5.41, 5.74) is 1.14. The summed E-state index contributed by atoms with van der Waals surface area (Å²) in [7, 11) is 0. The number of anilines is 1. The van der Waals surface area contributed by atoms with Gasteiger partial charge in [-0.3, -0.25) is 19.7 Å². The molecule has 0 N–H and O–H groups in total. The second-order valence-corrected chi connectivity index (χ2v) is 8.61. The number of piperidine rings is 2. The number of nitrogens with zero attached hydrogens (tertiary/aromatic N) is 4. The minimum absolute atomic E-state index is 0.0182. The molecule has 0 aliphatic carbocycles. The molecule has 0 aromatic heterocycles. The van der Waals surface area contributed by atoms with Crippen LogP contribution >= 0.6 is 0 Å². The zero-order valence-corrected chi connectivity index (χ0v) is 17.4. The number of nitro groups is 1. The molecule has 2 amide bonds. The summed E-state index contributed by atoms with van der Waals surface area (Å²) in [4.78, 5) is 42.8. The van der Waals surface area contributed by atoms with Crippen molar-refractivity contribution < 1.29 is 14.5 Å². The highest BCUT2D eigenvalue weighted by Crippen LogP contribution is 2.31. The normalized spacial score (nSPS) is 20.5. The molecule has 0 spiro atoms. The Morgan fingerprint density at radius 1 is 0.867 bits per heavy atom. The van der Waals surface area contributed by atoms with Gasteiger partial charge in [0.25, 0.3) is 11.6 Å². The standard InChI is InChI=1S/C22H30N4O4/c27-21(24-12-2-1-3-13-24)17-8-14-25(15-9-17)22(28)19-16-18(26(29)30)6-7-20(19)23-10-4-5-11-23/h6-7,16-17H,1-5,8-15H2. The number of non-ortho nitro benzene ring substituents is 1. The molecule has 8 heteroatoms. The Labute approximate surface area is 177 Å². The average molecular weight is 415 g/mol. The van der Waals surface area contributed by atoms with Crippen LogP contribution in [0.1, 0.15) is 55.3 Å². The van der Waals surface area contributed by atoms with Crippen LogP contribution in [0.15, 0.2) is 18.2 Å². The van der Waals surface area contributed by atoms with Gasteiger partial charge >= 0.3 is 0 Å². The minimum Gasteiger partial charge on any atom is -0.371 e. The molecule has 3 fully saturated rings. The van der Waals surface area contributed by atoms with Crippen molar-refractivity contribution in [3.63, 3.8) is 0 Å². The molecular weight excluding hydrogens is 384 g/mol. The summed E-state index contributed by atoms with van der Waals surface area (Å²) in [6, 6.07) is 4.61. The quantitative estimate of drug-likeness (QED) is 0.558. The van der Waals surface area contributed by atoms with E-state index in [4.69, 9.17) is 0 Å². The van der Waals surface area contributed by atoms with E-state index < -0.39 is 4.92 Å². The number of hydrogen-bond acceptors (Lipinski definition) is 5. The molecule has 1 aromatic rings. The van der Waals surface area contributed by atoms with Gasteiger partial charge in [0.05, 0.1) is 16.2 Å². The van der Waals surface area contributed by atoms with E-state index in [9.17, 15) is 19.7 Å². The molecule has 4 rings (SSSR count). The average Bonchev–Trinajstić information content (AvgIpc) is 3.33. The van der Waals surface area contributed by atoms with Gasteiger partial charge in [-0.05, 0) is 51.0 Å². The van der Waals surface area contributed by atoms with Gasteiger partial charge < -0.3 is 14.7 Å². The fraction of sp³-hybridized carbons (Fsp3) is 0.636. The first-order chi connectivity index (χ1) is 14.5. The van der Waals surface area contributed by atoms with Crippen LogP contribution in [-0.2, 0) is 4.79 Å². The van der Waals surface area contributed by atoms with E-state index in [1.807, 2.05) is 4.90 Å². The second-order valence-electron chi connectivity index (χ2n) is 8.61. The summed E-state index contributed by atoms with van der Waals surface area (Å²) >= 11 is 0. The molecule has 0 atom stereocenters. The molecule has 3 aliphatic heterocycles. The molecule has 0 saturated carbocycles. The van der Waals surface area contributed by atoms with Gasteiger partial charge in [-0.2, -0.15) is 0 Å². The number of likely N-dealkylation sites (tertiary alicyclic amines) is 2. The fourth-order valence-electron chi connectivity index (χ4n) is 4.92. The van der Waals surface area contributed by atoms with E-state index >= 15 is 0 Å². The molecule has 0 bridgehead atoms. The van der Waals surface area contributed by atoms with Crippen LogP contribution in [0.5, 0.6) is 0 Å². The van der Waals surface area contributed by atoms with Crippen LogP contribution in [0.3, 0.4) is 0 Å². The van der Waals surface area contributed by atoms with Crippen LogP contribution in [0, 0.1) is 16.0 Å². The highest BCUT2D eigenvalue weighted by atomic mass is 16.6. The summed E-state index contributed by atoms with van der Waals surface area (Å²) < 4.78 is 0. The Bertz CT molecular complexity index is 807. The number of hydrogen-bond donors (Lipinski definition) is 0. The summed E-state index contributed by atoms with van der Waals surface area (Å²) in [6.45, 7) is 4.47. The zero-order valence-electron chi connectivity index (χ0n) is 17.4. The van der Waals surface area contributed by atoms with Crippen molar-refractivity contribution in [2.45, 2.75) is 44.9 Å². The molecule has 1 aromatic carbocycles. The number of carbonyl (C=O) groups is 2. The largest absolute Gasteiger partial charge is 0.371 e. The Hall–Kier alpha value is -2.64. The van der Waals surface area contributed by atoms with Crippen molar-refractivity contribution in [2.24, 2.45) is 5.92 Å². The zero-order chi connectivity index (χ0) is 21.1. The van der Waals surface area contributed by atoms with Crippen molar-refractivity contribution in [3.8, 4) is 0 Å². The van der Waals surface area contributed by atoms with E-state index in [1.54, 1.807) is 11.0 Å². The van der Waals surface area contributed by atoms with Gasteiger partial charge in [0.1, 0.15) is 0 Å². The molecule has 3 saturated heterocycles. The van der Waals surface area contributed by atoms with Crippen LogP contribution in [0.2, 0.25) is 0 Å².